The number of nitrogens with zero attached hydrogens (tertiary/aromatic N) is 3. The van der Waals surface area contributed by atoms with Gasteiger partial charge in [0.2, 0.25) is 5.78 Å². The van der Waals surface area contributed by atoms with Gasteiger partial charge in [-0.05, 0) is 43.5 Å². The topological polar surface area (TPSA) is 66.1 Å². The third kappa shape index (κ3) is 3.71. The predicted molar refractivity (Wildman–Crippen MR) is 116 cm³/mol. The molecule has 152 valence electrons. The first-order valence-electron chi connectivity index (χ1n) is 9.48. The van der Waals surface area contributed by atoms with Gasteiger partial charge in [-0.2, -0.15) is 5.10 Å². The lowest BCUT2D eigenvalue weighted by molar-refractivity contribution is 0.0475. The van der Waals surface area contributed by atoms with Crippen molar-refractivity contribution in [2.45, 2.75) is 13.8 Å². The molecule has 0 fully saturated rings. The molecule has 0 saturated carbocycles. The van der Waals surface area contributed by atoms with E-state index in [1.165, 1.54) is 11.3 Å². The lowest BCUT2D eigenvalue weighted by Crippen LogP contribution is -2.15. The van der Waals surface area contributed by atoms with Crippen LogP contribution >= 0.6 is 11.3 Å². The molecular formula is C23H21N3O3S. The van der Waals surface area contributed by atoms with Gasteiger partial charge in [-0.3, -0.25) is 4.79 Å². The molecule has 3 heterocycles. The number of carbonyl (C=O) groups excluding carboxylic acids is 2. The highest BCUT2D eigenvalue weighted by Crippen LogP contribution is 2.28. The second-order valence-electron chi connectivity index (χ2n) is 6.99. The zero-order valence-electron chi connectivity index (χ0n) is 17.0. The van der Waals surface area contributed by atoms with E-state index in [1.54, 1.807) is 10.9 Å². The maximum atomic E-state index is 12.9. The SMILES string of the molecule is Cc1cc(C(=O)COC(=O)c2cn(-c3ccccc3)nc2-c2cccs2)c(C)n1C. The fraction of sp³-hybridized carbons (Fsp3) is 0.174. The average molecular weight is 420 g/mol. The lowest BCUT2D eigenvalue weighted by atomic mass is 10.1. The summed E-state index contributed by atoms with van der Waals surface area (Å²) in [5.74, 6) is -0.795. The number of Topliss-reactive ketones (excluding diaryl/α,β-unsaturated/α-hetero) is 1. The number of thiophene rings is 1. The van der Waals surface area contributed by atoms with Gasteiger partial charge in [0.1, 0.15) is 11.3 Å². The molecule has 1 aromatic carbocycles. The van der Waals surface area contributed by atoms with Crippen molar-refractivity contribution in [3.8, 4) is 16.3 Å². The van der Waals surface area contributed by atoms with Crippen molar-refractivity contribution in [3.05, 3.63) is 82.6 Å². The molecule has 0 spiro atoms. The summed E-state index contributed by atoms with van der Waals surface area (Å²) in [6.45, 7) is 3.49. The third-order valence-corrected chi connectivity index (χ3v) is 6.00. The highest BCUT2D eigenvalue weighted by molar-refractivity contribution is 7.13. The number of hydrogen-bond donors (Lipinski definition) is 0. The highest BCUT2D eigenvalue weighted by atomic mass is 32.1. The molecule has 4 aromatic rings. The van der Waals surface area contributed by atoms with Crippen molar-refractivity contribution in [3.63, 3.8) is 0 Å². The van der Waals surface area contributed by atoms with Crippen molar-refractivity contribution in [2.75, 3.05) is 6.61 Å². The molecule has 0 aliphatic heterocycles. The first kappa shape index (κ1) is 19.8. The van der Waals surface area contributed by atoms with Crippen LogP contribution in [0.2, 0.25) is 0 Å². The van der Waals surface area contributed by atoms with Crippen LogP contribution in [0.25, 0.3) is 16.3 Å². The van der Waals surface area contributed by atoms with E-state index in [2.05, 4.69) is 5.10 Å². The number of para-hydroxylation sites is 1. The summed E-state index contributed by atoms with van der Waals surface area (Å²) in [6, 6.07) is 15.2. The van der Waals surface area contributed by atoms with Crippen molar-refractivity contribution in [1.82, 2.24) is 14.3 Å². The molecule has 0 N–H and O–H groups in total. The summed E-state index contributed by atoms with van der Waals surface area (Å²) in [7, 11) is 1.90. The van der Waals surface area contributed by atoms with Gasteiger partial charge in [0.15, 0.2) is 6.61 Å². The van der Waals surface area contributed by atoms with Crippen molar-refractivity contribution in [1.29, 1.82) is 0 Å². The number of ketones is 1. The molecule has 0 amide bonds. The molecular weight excluding hydrogens is 398 g/mol. The van der Waals surface area contributed by atoms with E-state index in [0.717, 1.165) is 22.0 Å². The third-order valence-electron chi connectivity index (χ3n) is 5.12. The summed E-state index contributed by atoms with van der Waals surface area (Å²) >= 11 is 1.49. The Bertz CT molecular complexity index is 1200. The summed E-state index contributed by atoms with van der Waals surface area (Å²) in [6.07, 6.45) is 1.65. The van der Waals surface area contributed by atoms with Crippen LogP contribution in [0, 0.1) is 13.8 Å². The molecule has 0 aliphatic carbocycles. The van der Waals surface area contributed by atoms with E-state index in [0.29, 0.717) is 16.8 Å². The number of carbonyl (C=O) groups is 2. The lowest BCUT2D eigenvalue weighted by Gasteiger charge is -2.05. The molecule has 30 heavy (non-hydrogen) atoms. The Kier molecular flexibility index (Phi) is 5.37. The Morgan fingerprint density at radius 2 is 1.83 bits per heavy atom. The molecule has 7 heteroatoms. The van der Waals surface area contributed by atoms with Crippen LogP contribution in [-0.2, 0) is 11.8 Å². The van der Waals surface area contributed by atoms with Crippen molar-refractivity contribution < 1.29 is 14.3 Å². The minimum atomic E-state index is -0.570. The van der Waals surface area contributed by atoms with Crippen LogP contribution in [0.4, 0.5) is 0 Å². The number of esters is 1. The second-order valence-corrected chi connectivity index (χ2v) is 7.94. The highest BCUT2D eigenvalue weighted by Gasteiger charge is 2.22. The number of hydrogen-bond acceptors (Lipinski definition) is 5. The average Bonchev–Trinajstić information content (AvgIpc) is 3.49. The molecule has 0 aliphatic rings. The number of rotatable bonds is 6. The molecule has 0 bridgehead atoms. The number of ether oxygens (including phenoxy) is 1. The van der Waals surface area contributed by atoms with Gasteiger partial charge in [-0.15, -0.1) is 11.3 Å². The van der Waals surface area contributed by atoms with E-state index in [9.17, 15) is 9.59 Å². The van der Waals surface area contributed by atoms with Crippen molar-refractivity contribution >= 4 is 23.1 Å². The summed E-state index contributed by atoms with van der Waals surface area (Å²) in [4.78, 5) is 26.3. The molecule has 3 aromatic heterocycles. The fourth-order valence-electron chi connectivity index (χ4n) is 3.26. The van der Waals surface area contributed by atoms with Crippen LogP contribution < -0.4 is 0 Å². The Balaban J connectivity index is 1.59. The molecule has 0 radical (unpaired) electrons. The Morgan fingerprint density at radius 3 is 2.47 bits per heavy atom. The Morgan fingerprint density at radius 1 is 1.07 bits per heavy atom. The minimum absolute atomic E-state index is 0.224. The van der Waals surface area contributed by atoms with E-state index in [-0.39, 0.29) is 12.4 Å². The van der Waals surface area contributed by atoms with Crippen molar-refractivity contribution in [2.24, 2.45) is 7.05 Å². The molecule has 0 atom stereocenters. The predicted octanol–water partition coefficient (Wildman–Crippen LogP) is 4.60. The van der Waals surface area contributed by atoms with Gasteiger partial charge < -0.3 is 9.30 Å². The Hall–Kier alpha value is -3.45. The first-order chi connectivity index (χ1) is 14.5. The van der Waals surface area contributed by atoms with Crippen LogP contribution in [0.1, 0.15) is 32.1 Å². The number of benzene rings is 1. The molecule has 0 saturated heterocycles. The van der Waals surface area contributed by atoms with E-state index < -0.39 is 5.97 Å². The van der Waals surface area contributed by atoms with Gasteiger partial charge in [-0.1, -0.05) is 24.3 Å². The van der Waals surface area contributed by atoms with Crippen LogP contribution in [0.3, 0.4) is 0 Å². The van der Waals surface area contributed by atoms with Gasteiger partial charge in [0.05, 0.1) is 10.6 Å². The standard InChI is InChI=1S/C23H21N3O3S/c1-15-12-18(16(2)25(15)3)20(27)14-29-23(28)19-13-26(17-8-5-4-6-9-17)24-22(19)21-10-7-11-30-21/h4-13H,14H2,1-3H3. The maximum Gasteiger partial charge on any atom is 0.342 e. The molecule has 0 unspecified atom stereocenters. The van der Waals surface area contributed by atoms with Gasteiger partial charge in [0.25, 0.3) is 0 Å². The normalized spacial score (nSPS) is 10.9. The second kappa shape index (κ2) is 8.12. The quantitative estimate of drug-likeness (QED) is 0.339. The molecule has 6 nitrogen and oxygen atoms in total. The summed E-state index contributed by atoms with van der Waals surface area (Å²) < 4.78 is 8.98. The smallest absolute Gasteiger partial charge is 0.342 e. The minimum Gasteiger partial charge on any atom is -0.454 e. The summed E-state index contributed by atoms with van der Waals surface area (Å²) in [5, 5.41) is 6.52. The van der Waals surface area contributed by atoms with Crippen LogP contribution in [0.15, 0.2) is 60.1 Å². The Labute approximate surface area is 178 Å². The number of aryl methyl sites for hydroxylation is 1. The first-order valence-corrected chi connectivity index (χ1v) is 10.4. The van der Waals surface area contributed by atoms with Crippen LogP contribution in [-0.4, -0.2) is 32.7 Å². The van der Waals surface area contributed by atoms with Gasteiger partial charge in [0, 0.05) is 30.2 Å². The maximum absolute atomic E-state index is 12.9. The zero-order valence-corrected chi connectivity index (χ0v) is 17.8. The van der Waals surface area contributed by atoms with Crippen LogP contribution in [0.5, 0.6) is 0 Å². The van der Waals surface area contributed by atoms with E-state index in [4.69, 9.17) is 4.74 Å². The van der Waals surface area contributed by atoms with E-state index >= 15 is 0 Å². The zero-order chi connectivity index (χ0) is 21.3. The largest absolute Gasteiger partial charge is 0.454 e. The van der Waals surface area contributed by atoms with Gasteiger partial charge >= 0.3 is 5.97 Å². The molecule has 4 rings (SSSR count). The fourth-order valence-corrected chi connectivity index (χ4v) is 3.98. The monoisotopic (exact) mass is 419 g/mol. The summed E-state index contributed by atoms with van der Waals surface area (Å²) in [5.41, 5.74) is 4.10. The van der Waals surface area contributed by atoms with Gasteiger partial charge in [-0.25, -0.2) is 9.48 Å². The van der Waals surface area contributed by atoms with E-state index in [1.807, 2.05) is 79.4 Å². The number of aromatic nitrogens is 3.